The first-order chi connectivity index (χ1) is 7.74. The summed E-state index contributed by atoms with van der Waals surface area (Å²) in [7, 11) is 0. The number of H-pyrrole nitrogens is 1. The van der Waals surface area contributed by atoms with Crippen molar-refractivity contribution in [3.63, 3.8) is 0 Å². The number of hydrogen-bond donors (Lipinski definition) is 2. The minimum atomic E-state index is 0.119. The number of carbonyl (C=O) groups excluding carboxylic acids is 1. The standard InChI is InChI=1S/C12H19N3O/c1-9-11(5-6-14-9)12(16)15-7-3-2-4-10(15)8-13/h5-6,10,14H,2-4,7-8,13H2,1H3. The molecule has 1 aromatic heterocycles. The molecular weight excluding hydrogens is 202 g/mol. The van der Waals surface area contributed by atoms with Crippen LogP contribution in [0.25, 0.3) is 0 Å². The summed E-state index contributed by atoms with van der Waals surface area (Å²) in [6.07, 6.45) is 5.11. The molecule has 1 unspecified atom stereocenters. The van der Waals surface area contributed by atoms with Gasteiger partial charge in [-0.1, -0.05) is 0 Å². The van der Waals surface area contributed by atoms with Crippen molar-refractivity contribution < 1.29 is 4.79 Å². The molecule has 1 fully saturated rings. The van der Waals surface area contributed by atoms with Gasteiger partial charge in [0.2, 0.25) is 0 Å². The molecule has 1 aromatic rings. The Morgan fingerprint density at radius 1 is 1.62 bits per heavy atom. The third-order valence-electron chi connectivity index (χ3n) is 3.34. The summed E-state index contributed by atoms with van der Waals surface area (Å²) in [5.74, 6) is 0.119. The predicted octanol–water partition coefficient (Wildman–Crippen LogP) is 1.28. The fourth-order valence-electron chi connectivity index (χ4n) is 2.35. The van der Waals surface area contributed by atoms with Crippen LogP contribution in [0.5, 0.6) is 0 Å². The number of aromatic amines is 1. The van der Waals surface area contributed by atoms with Crippen molar-refractivity contribution in [2.24, 2.45) is 5.73 Å². The predicted molar refractivity (Wildman–Crippen MR) is 63.3 cm³/mol. The topological polar surface area (TPSA) is 62.1 Å². The highest BCUT2D eigenvalue weighted by molar-refractivity contribution is 5.95. The van der Waals surface area contributed by atoms with Crippen LogP contribution in [0.15, 0.2) is 12.3 Å². The fraction of sp³-hybridized carbons (Fsp3) is 0.583. The molecule has 1 atom stereocenters. The molecule has 0 radical (unpaired) electrons. The van der Waals surface area contributed by atoms with Crippen LogP contribution in [-0.2, 0) is 0 Å². The molecule has 0 saturated carbocycles. The molecule has 0 bridgehead atoms. The quantitative estimate of drug-likeness (QED) is 0.790. The van der Waals surface area contributed by atoms with Gasteiger partial charge in [0.1, 0.15) is 0 Å². The second-order valence-electron chi connectivity index (χ2n) is 4.40. The summed E-state index contributed by atoms with van der Waals surface area (Å²) in [6, 6.07) is 2.07. The molecule has 0 spiro atoms. The summed E-state index contributed by atoms with van der Waals surface area (Å²) >= 11 is 0. The van der Waals surface area contributed by atoms with Gasteiger partial charge in [0.25, 0.3) is 5.91 Å². The van der Waals surface area contributed by atoms with E-state index in [1.165, 1.54) is 6.42 Å². The molecule has 2 heterocycles. The zero-order valence-electron chi connectivity index (χ0n) is 9.70. The SMILES string of the molecule is Cc1[nH]ccc1C(=O)N1CCCCC1CN. The summed E-state index contributed by atoms with van der Waals surface area (Å²) in [4.78, 5) is 17.3. The number of nitrogens with two attached hydrogens (primary N) is 1. The maximum absolute atomic E-state index is 12.3. The van der Waals surface area contributed by atoms with Crippen LogP contribution in [0.1, 0.15) is 35.3 Å². The van der Waals surface area contributed by atoms with Crippen LogP contribution < -0.4 is 5.73 Å². The van der Waals surface area contributed by atoms with Crippen molar-refractivity contribution in [3.8, 4) is 0 Å². The van der Waals surface area contributed by atoms with Crippen LogP contribution in [0.2, 0.25) is 0 Å². The van der Waals surface area contributed by atoms with E-state index in [1.807, 2.05) is 24.1 Å². The Balaban J connectivity index is 2.17. The van der Waals surface area contributed by atoms with Crippen molar-refractivity contribution in [1.29, 1.82) is 0 Å². The van der Waals surface area contributed by atoms with E-state index in [0.717, 1.165) is 30.6 Å². The van der Waals surface area contributed by atoms with Gasteiger partial charge in [0.05, 0.1) is 5.56 Å². The van der Waals surface area contributed by atoms with Gasteiger partial charge in [-0.15, -0.1) is 0 Å². The highest BCUT2D eigenvalue weighted by Gasteiger charge is 2.27. The molecule has 3 N–H and O–H groups in total. The first-order valence-electron chi connectivity index (χ1n) is 5.89. The first-order valence-corrected chi connectivity index (χ1v) is 5.89. The molecule has 16 heavy (non-hydrogen) atoms. The lowest BCUT2D eigenvalue weighted by atomic mass is 10.0. The zero-order valence-corrected chi connectivity index (χ0v) is 9.70. The van der Waals surface area contributed by atoms with Gasteiger partial charge in [0, 0.05) is 31.0 Å². The molecule has 0 aromatic carbocycles. The number of likely N-dealkylation sites (tertiary alicyclic amines) is 1. The van der Waals surface area contributed by atoms with Crippen molar-refractivity contribution in [2.75, 3.05) is 13.1 Å². The highest BCUT2D eigenvalue weighted by atomic mass is 16.2. The van der Waals surface area contributed by atoms with Crippen LogP contribution in [-0.4, -0.2) is 34.9 Å². The lowest BCUT2D eigenvalue weighted by molar-refractivity contribution is 0.0623. The molecule has 4 heteroatoms. The summed E-state index contributed by atoms with van der Waals surface area (Å²) in [5.41, 5.74) is 7.44. The number of carbonyl (C=O) groups is 1. The van der Waals surface area contributed by atoms with Gasteiger partial charge in [-0.25, -0.2) is 0 Å². The van der Waals surface area contributed by atoms with E-state index in [1.54, 1.807) is 0 Å². The molecule has 1 aliphatic heterocycles. The second-order valence-corrected chi connectivity index (χ2v) is 4.40. The molecule has 4 nitrogen and oxygen atoms in total. The maximum atomic E-state index is 12.3. The third kappa shape index (κ3) is 1.97. The largest absolute Gasteiger partial charge is 0.365 e. The highest BCUT2D eigenvalue weighted by Crippen LogP contribution is 2.20. The van der Waals surface area contributed by atoms with Crippen LogP contribution in [0.3, 0.4) is 0 Å². The number of hydrogen-bond acceptors (Lipinski definition) is 2. The van der Waals surface area contributed by atoms with Gasteiger partial charge in [-0.3, -0.25) is 4.79 Å². The summed E-state index contributed by atoms with van der Waals surface area (Å²) < 4.78 is 0. The first kappa shape index (κ1) is 11.2. The summed E-state index contributed by atoms with van der Waals surface area (Å²) in [5, 5.41) is 0. The lowest BCUT2D eigenvalue weighted by Crippen LogP contribution is -2.47. The number of aromatic nitrogens is 1. The Morgan fingerprint density at radius 3 is 3.06 bits per heavy atom. The molecular formula is C12H19N3O. The number of piperidine rings is 1. The number of amides is 1. The molecule has 0 aliphatic carbocycles. The van der Waals surface area contributed by atoms with Gasteiger partial charge >= 0.3 is 0 Å². The van der Waals surface area contributed by atoms with Gasteiger partial charge in [0.15, 0.2) is 0 Å². The smallest absolute Gasteiger partial charge is 0.255 e. The Morgan fingerprint density at radius 2 is 2.44 bits per heavy atom. The lowest BCUT2D eigenvalue weighted by Gasteiger charge is -2.35. The molecule has 88 valence electrons. The summed E-state index contributed by atoms with van der Waals surface area (Å²) in [6.45, 7) is 3.33. The van der Waals surface area contributed by atoms with Crippen LogP contribution >= 0.6 is 0 Å². The number of rotatable bonds is 2. The van der Waals surface area contributed by atoms with E-state index in [9.17, 15) is 4.79 Å². The fourth-order valence-corrected chi connectivity index (χ4v) is 2.35. The molecule has 1 amide bonds. The Labute approximate surface area is 95.8 Å². The van der Waals surface area contributed by atoms with E-state index < -0.39 is 0 Å². The average molecular weight is 221 g/mol. The Kier molecular flexibility index (Phi) is 3.29. The van der Waals surface area contributed by atoms with E-state index in [4.69, 9.17) is 5.73 Å². The minimum absolute atomic E-state index is 0.119. The van der Waals surface area contributed by atoms with Crippen molar-refractivity contribution in [1.82, 2.24) is 9.88 Å². The van der Waals surface area contributed by atoms with Gasteiger partial charge in [-0.05, 0) is 32.3 Å². The Hall–Kier alpha value is -1.29. The number of nitrogens with one attached hydrogen (secondary N) is 1. The second kappa shape index (κ2) is 4.70. The van der Waals surface area contributed by atoms with E-state index in [2.05, 4.69) is 4.98 Å². The maximum Gasteiger partial charge on any atom is 0.255 e. The van der Waals surface area contributed by atoms with E-state index in [-0.39, 0.29) is 11.9 Å². The van der Waals surface area contributed by atoms with Crippen molar-refractivity contribution in [3.05, 3.63) is 23.5 Å². The Bertz CT molecular complexity index is 372. The van der Waals surface area contributed by atoms with Crippen molar-refractivity contribution >= 4 is 5.91 Å². The number of nitrogens with zero attached hydrogens (tertiary/aromatic N) is 1. The van der Waals surface area contributed by atoms with Crippen molar-refractivity contribution in [2.45, 2.75) is 32.2 Å². The van der Waals surface area contributed by atoms with Crippen LogP contribution in [0.4, 0.5) is 0 Å². The normalized spacial score (nSPS) is 21.1. The van der Waals surface area contributed by atoms with Crippen LogP contribution in [0, 0.1) is 6.92 Å². The number of aryl methyl sites for hydroxylation is 1. The van der Waals surface area contributed by atoms with E-state index in [0.29, 0.717) is 6.54 Å². The minimum Gasteiger partial charge on any atom is -0.365 e. The molecule has 1 aliphatic rings. The van der Waals surface area contributed by atoms with Gasteiger partial charge < -0.3 is 15.6 Å². The zero-order chi connectivity index (χ0) is 11.5. The van der Waals surface area contributed by atoms with E-state index >= 15 is 0 Å². The molecule has 1 saturated heterocycles. The third-order valence-corrected chi connectivity index (χ3v) is 3.34. The average Bonchev–Trinajstić information content (AvgIpc) is 2.74. The molecule has 2 rings (SSSR count). The monoisotopic (exact) mass is 221 g/mol. The van der Waals surface area contributed by atoms with Gasteiger partial charge in [-0.2, -0.15) is 0 Å².